The molecule has 2 aromatic carbocycles. The Morgan fingerprint density at radius 1 is 0.957 bits per heavy atom. The van der Waals surface area contributed by atoms with Crippen molar-refractivity contribution in [2.75, 3.05) is 20.2 Å². The normalized spacial score (nSPS) is 10.3. The fourth-order valence-corrected chi connectivity index (χ4v) is 2.26. The van der Waals surface area contributed by atoms with Gasteiger partial charge in [-0.15, -0.1) is 0 Å². The van der Waals surface area contributed by atoms with Gasteiger partial charge in [0.15, 0.2) is 0 Å². The van der Waals surface area contributed by atoms with Crippen molar-refractivity contribution in [2.45, 2.75) is 19.4 Å². The fourth-order valence-electron chi connectivity index (χ4n) is 2.26. The summed E-state index contributed by atoms with van der Waals surface area (Å²) in [4.78, 5) is 11.8. The molecule has 0 radical (unpaired) electrons. The van der Waals surface area contributed by atoms with Crippen LogP contribution in [0.3, 0.4) is 0 Å². The van der Waals surface area contributed by atoms with Crippen LogP contribution in [0.5, 0.6) is 5.75 Å². The Kier molecular flexibility index (Phi) is 7.14. The van der Waals surface area contributed by atoms with Crippen LogP contribution in [0.15, 0.2) is 54.6 Å². The number of carbonyl (C=O) groups excluding carboxylic acids is 1. The maximum absolute atomic E-state index is 11.8. The lowest BCUT2D eigenvalue weighted by molar-refractivity contribution is -0.120. The predicted molar refractivity (Wildman–Crippen MR) is 92.5 cm³/mol. The van der Waals surface area contributed by atoms with Crippen molar-refractivity contribution < 1.29 is 9.53 Å². The summed E-state index contributed by atoms with van der Waals surface area (Å²) in [7, 11) is 1.65. The molecule has 122 valence electrons. The van der Waals surface area contributed by atoms with Crippen molar-refractivity contribution in [3.63, 3.8) is 0 Å². The highest BCUT2D eigenvalue weighted by Crippen LogP contribution is 2.11. The molecule has 2 N–H and O–H groups in total. The molecule has 0 fully saturated rings. The van der Waals surface area contributed by atoms with Crippen LogP contribution in [0.25, 0.3) is 0 Å². The van der Waals surface area contributed by atoms with Crippen LogP contribution in [0, 0.1) is 0 Å². The number of carbonyl (C=O) groups is 1. The third kappa shape index (κ3) is 6.53. The quantitative estimate of drug-likeness (QED) is 0.700. The van der Waals surface area contributed by atoms with Gasteiger partial charge in [0.25, 0.3) is 0 Å². The van der Waals surface area contributed by atoms with Crippen molar-refractivity contribution in [3.05, 3.63) is 65.7 Å². The molecule has 0 saturated carbocycles. The molecule has 0 aliphatic carbocycles. The summed E-state index contributed by atoms with van der Waals surface area (Å²) >= 11 is 0. The number of hydrogen-bond acceptors (Lipinski definition) is 3. The molecule has 0 heterocycles. The summed E-state index contributed by atoms with van der Waals surface area (Å²) < 4.78 is 5.12. The largest absolute Gasteiger partial charge is 0.497 e. The minimum atomic E-state index is 0.0825. The van der Waals surface area contributed by atoms with E-state index < -0.39 is 0 Å². The minimum absolute atomic E-state index is 0.0825. The molecule has 0 bridgehead atoms. The monoisotopic (exact) mass is 312 g/mol. The maximum Gasteiger partial charge on any atom is 0.221 e. The van der Waals surface area contributed by atoms with Crippen LogP contribution < -0.4 is 15.4 Å². The van der Waals surface area contributed by atoms with Gasteiger partial charge in [0.2, 0.25) is 5.91 Å². The van der Waals surface area contributed by atoms with Crippen molar-refractivity contribution >= 4 is 5.91 Å². The molecule has 23 heavy (non-hydrogen) atoms. The molecule has 0 aliphatic heterocycles. The second-order valence-corrected chi connectivity index (χ2v) is 5.36. The first kappa shape index (κ1) is 17.0. The molecule has 0 aromatic heterocycles. The fraction of sp³-hybridized carbons (Fsp3) is 0.316. The zero-order chi connectivity index (χ0) is 16.3. The summed E-state index contributed by atoms with van der Waals surface area (Å²) in [6.07, 6.45) is 1.32. The lowest BCUT2D eigenvalue weighted by Gasteiger charge is -2.07. The van der Waals surface area contributed by atoms with Crippen molar-refractivity contribution in [2.24, 2.45) is 0 Å². The molecule has 4 nitrogen and oxygen atoms in total. The second kappa shape index (κ2) is 9.64. The number of hydrogen-bond donors (Lipinski definition) is 2. The Labute approximate surface area is 137 Å². The zero-order valence-corrected chi connectivity index (χ0v) is 13.5. The highest BCUT2D eigenvalue weighted by molar-refractivity contribution is 5.76. The molecule has 0 saturated heterocycles. The maximum atomic E-state index is 11.8. The van der Waals surface area contributed by atoms with Crippen LogP contribution >= 0.6 is 0 Å². The van der Waals surface area contributed by atoms with Crippen LogP contribution in [-0.2, 0) is 17.8 Å². The van der Waals surface area contributed by atoms with Gasteiger partial charge in [0, 0.05) is 26.1 Å². The third-order valence-electron chi connectivity index (χ3n) is 3.60. The highest BCUT2D eigenvalue weighted by Gasteiger charge is 2.01. The van der Waals surface area contributed by atoms with E-state index in [0.29, 0.717) is 19.5 Å². The van der Waals surface area contributed by atoms with Crippen molar-refractivity contribution in [3.8, 4) is 5.75 Å². The zero-order valence-electron chi connectivity index (χ0n) is 13.5. The smallest absolute Gasteiger partial charge is 0.221 e. The van der Waals surface area contributed by atoms with Gasteiger partial charge in [-0.3, -0.25) is 4.79 Å². The van der Waals surface area contributed by atoms with Gasteiger partial charge >= 0.3 is 0 Å². The van der Waals surface area contributed by atoms with E-state index in [9.17, 15) is 4.79 Å². The van der Waals surface area contributed by atoms with Gasteiger partial charge < -0.3 is 15.4 Å². The van der Waals surface area contributed by atoms with Crippen molar-refractivity contribution in [1.29, 1.82) is 0 Å². The molecule has 0 unspecified atom stereocenters. The number of benzene rings is 2. The lowest BCUT2D eigenvalue weighted by Crippen LogP contribution is -2.29. The average molecular weight is 312 g/mol. The first-order chi connectivity index (χ1) is 11.3. The Balaban J connectivity index is 1.56. The SMILES string of the molecule is COc1ccc(CCNC(=O)CCNCc2ccccc2)cc1. The van der Waals surface area contributed by atoms with E-state index in [1.807, 2.05) is 42.5 Å². The van der Waals surface area contributed by atoms with Gasteiger partial charge in [-0.2, -0.15) is 0 Å². The molecular formula is C19H24N2O2. The summed E-state index contributed by atoms with van der Waals surface area (Å²) in [5, 5.41) is 6.23. The van der Waals surface area contributed by atoms with E-state index in [-0.39, 0.29) is 5.91 Å². The lowest BCUT2D eigenvalue weighted by atomic mass is 10.1. The van der Waals surface area contributed by atoms with Crippen LogP contribution in [0.4, 0.5) is 0 Å². The number of nitrogens with one attached hydrogen (secondary N) is 2. The summed E-state index contributed by atoms with van der Waals surface area (Å²) in [6, 6.07) is 18.1. The first-order valence-corrected chi connectivity index (χ1v) is 7.92. The molecule has 4 heteroatoms. The molecule has 0 spiro atoms. The highest BCUT2D eigenvalue weighted by atomic mass is 16.5. The van der Waals surface area contributed by atoms with Crippen LogP contribution in [0.1, 0.15) is 17.5 Å². The van der Waals surface area contributed by atoms with E-state index in [1.54, 1.807) is 7.11 Å². The number of methoxy groups -OCH3 is 1. The first-order valence-electron chi connectivity index (χ1n) is 7.92. The summed E-state index contributed by atoms with van der Waals surface area (Å²) in [5.41, 5.74) is 2.42. The van der Waals surface area contributed by atoms with Gasteiger partial charge in [0.1, 0.15) is 5.75 Å². The van der Waals surface area contributed by atoms with Crippen molar-refractivity contribution in [1.82, 2.24) is 10.6 Å². The molecule has 0 aliphatic rings. The Bertz CT molecular complexity index is 582. The van der Waals surface area contributed by atoms with E-state index in [2.05, 4.69) is 22.8 Å². The Hall–Kier alpha value is -2.33. The minimum Gasteiger partial charge on any atom is -0.497 e. The summed E-state index contributed by atoms with van der Waals surface area (Å²) in [6.45, 7) is 2.13. The number of ether oxygens (including phenoxy) is 1. The van der Waals surface area contributed by atoms with Gasteiger partial charge in [0.05, 0.1) is 7.11 Å². The second-order valence-electron chi connectivity index (χ2n) is 5.36. The number of amides is 1. The van der Waals surface area contributed by atoms with E-state index in [4.69, 9.17) is 4.74 Å². The van der Waals surface area contributed by atoms with Crippen LogP contribution in [-0.4, -0.2) is 26.1 Å². The molecule has 2 rings (SSSR count). The molecule has 0 atom stereocenters. The molecule has 1 amide bonds. The van der Waals surface area contributed by atoms with E-state index in [1.165, 1.54) is 11.1 Å². The Morgan fingerprint density at radius 2 is 1.70 bits per heavy atom. The summed E-state index contributed by atoms with van der Waals surface area (Å²) in [5.74, 6) is 0.932. The third-order valence-corrected chi connectivity index (χ3v) is 3.60. The van der Waals surface area contributed by atoms with E-state index in [0.717, 1.165) is 18.7 Å². The standard InChI is InChI=1S/C19H24N2O2/c1-23-18-9-7-16(8-10-18)11-14-21-19(22)12-13-20-15-17-5-3-2-4-6-17/h2-10,20H,11-15H2,1H3,(H,21,22). The molecular weight excluding hydrogens is 288 g/mol. The van der Waals surface area contributed by atoms with Gasteiger partial charge in [-0.05, 0) is 29.7 Å². The van der Waals surface area contributed by atoms with Gasteiger partial charge in [-0.1, -0.05) is 42.5 Å². The molecule has 2 aromatic rings. The van der Waals surface area contributed by atoms with E-state index >= 15 is 0 Å². The van der Waals surface area contributed by atoms with Gasteiger partial charge in [-0.25, -0.2) is 0 Å². The predicted octanol–water partition coefficient (Wildman–Crippen LogP) is 2.53. The Morgan fingerprint density at radius 3 is 2.39 bits per heavy atom. The topological polar surface area (TPSA) is 50.4 Å². The number of rotatable bonds is 9. The average Bonchev–Trinajstić information content (AvgIpc) is 2.60. The van der Waals surface area contributed by atoms with Crippen LogP contribution in [0.2, 0.25) is 0 Å².